The maximum absolute atomic E-state index is 5.68. The Kier molecular flexibility index (Phi) is 4.65. The summed E-state index contributed by atoms with van der Waals surface area (Å²) in [6, 6.07) is 8.15. The second-order valence-corrected chi connectivity index (χ2v) is 5.84. The smallest absolute Gasteiger partial charge is 0.258 e. The molecule has 0 saturated heterocycles. The molecule has 0 radical (unpaired) electrons. The van der Waals surface area contributed by atoms with Crippen molar-refractivity contribution >= 4 is 0 Å². The van der Waals surface area contributed by atoms with Crippen molar-refractivity contribution in [2.24, 2.45) is 5.73 Å². The zero-order valence-electron chi connectivity index (χ0n) is 12.4. The summed E-state index contributed by atoms with van der Waals surface area (Å²) in [4.78, 5) is 4.67. The Morgan fingerprint density at radius 2 is 1.86 bits per heavy atom. The van der Waals surface area contributed by atoms with Crippen LogP contribution >= 0.6 is 0 Å². The van der Waals surface area contributed by atoms with Crippen molar-refractivity contribution in [1.82, 2.24) is 10.1 Å². The average Bonchev–Trinajstić information content (AvgIpc) is 2.84. The van der Waals surface area contributed by atoms with Crippen molar-refractivity contribution in [2.45, 2.75) is 50.9 Å². The van der Waals surface area contributed by atoms with Crippen molar-refractivity contribution < 1.29 is 4.52 Å². The van der Waals surface area contributed by atoms with Crippen molar-refractivity contribution in [3.05, 3.63) is 35.7 Å². The van der Waals surface area contributed by atoms with Crippen molar-refractivity contribution in [1.29, 1.82) is 0 Å². The Hall–Kier alpha value is -1.68. The van der Waals surface area contributed by atoms with E-state index in [-0.39, 0.29) is 0 Å². The first kappa shape index (κ1) is 14.3. The highest BCUT2D eigenvalue weighted by Crippen LogP contribution is 2.31. The molecule has 0 unspecified atom stereocenters. The van der Waals surface area contributed by atoms with Crippen LogP contribution in [-0.4, -0.2) is 16.7 Å². The van der Waals surface area contributed by atoms with Crippen LogP contribution in [0.4, 0.5) is 0 Å². The third-order valence-electron chi connectivity index (χ3n) is 4.32. The van der Waals surface area contributed by atoms with Crippen LogP contribution in [0.3, 0.4) is 0 Å². The van der Waals surface area contributed by atoms with Gasteiger partial charge in [-0.25, -0.2) is 0 Å². The van der Waals surface area contributed by atoms with E-state index in [0.717, 1.165) is 17.8 Å². The van der Waals surface area contributed by atoms with Gasteiger partial charge in [0.05, 0.1) is 0 Å². The fourth-order valence-corrected chi connectivity index (χ4v) is 3.15. The SMILES string of the molecule is NCCc1ccccc1-c1nc(C2CCCCCC2)no1. The third kappa shape index (κ3) is 3.32. The summed E-state index contributed by atoms with van der Waals surface area (Å²) in [7, 11) is 0. The molecule has 1 heterocycles. The number of hydrogen-bond donors (Lipinski definition) is 1. The predicted molar refractivity (Wildman–Crippen MR) is 82.9 cm³/mol. The minimum Gasteiger partial charge on any atom is -0.334 e. The number of rotatable bonds is 4. The van der Waals surface area contributed by atoms with E-state index in [1.54, 1.807) is 0 Å². The minimum absolute atomic E-state index is 0.465. The van der Waals surface area contributed by atoms with E-state index in [1.807, 2.05) is 18.2 Å². The van der Waals surface area contributed by atoms with Gasteiger partial charge in [0.1, 0.15) is 0 Å². The molecule has 0 atom stereocenters. The average molecular weight is 285 g/mol. The lowest BCUT2D eigenvalue weighted by atomic mass is 10.00. The summed E-state index contributed by atoms with van der Waals surface area (Å²) >= 11 is 0. The first-order valence-corrected chi connectivity index (χ1v) is 8.00. The monoisotopic (exact) mass is 285 g/mol. The number of nitrogens with zero attached hydrogens (tertiary/aromatic N) is 2. The molecule has 4 nitrogen and oxygen atoms in total. The molecule has 2 aromatic rings. The van der Waals surface area contributed by atoms with Crippen LogP contribution in [0.5, 0.6) is 0 Å². The third-order valence-corrected chi connectivity index (χ3v) is 4.32. The van der Waals surface area contributed by atoms with Crippen molar-refractivity contribution in [3.63, 3.8) is 0 Å². The predicted octanol–water partition coefficient (Wildman–Crippen LogP) is 3.68. The topological polar surface area (TPSA) is 64.9 Å². The molecule has 0 amide bonds. The molecule has 0 aliphatic heterocycles. The van der Waals surface area contributed by atoms with E-state index in [0.29, 0.717) is 18.4 Å². The Balaban J connectivity index is 1.84. The molecular weight excluding hydrogens is 262 g/mol. The van der Waals surface area contributed by atoms with E-state index < -0.39 is 0 Å². The molecule has 0 spiro atoms. The van der Waals surface area contributed by atoms with Crippen LogP contribution < -0.4 is 5.73 Å². The first-order valence-electron chi connectivity index (χ1n) is 8.00. The van der Waals surface area contributed by atoms with Crippen LogP contribution in [-0.2, 0) is 6.42 Å². The van der Waals surface area contributed by atoms with Gasteiger partial charge >= 0.3 is 0 Å². The van der Waals surface area contributed by atoms with Crippen molar-refractivity contribution in [3.8, 4) is 11.5 Å². The summed E-state index contributed by atoms with van der Waals surface area (Å²) in [5, 5.41) is 4.24. The van der Waals surface area contributed by atoms with Gasteiger partial charge in [-0.1, -0.05) is 49.0 Å². The summed E-state index contributed by atoms with van der Waals surface area (Å²) in [6.45, 7) is 0.626. The molecule has 112 valence electrons. The van der Waals surface area contributed by atoms with Gasteiger partial charge in [-0.15, -0.1) is 0 Å². The van der Waals surface area contributed by atoms with E-state index in [1.165, 1.54) is 44.1 Å². The van der Waals surface area contributed by atoms with Crippen LogP contribution in [0, 0.1) is 0 Å². The number of aromatic nitrogens is 2. The fourth-order valence-electron chi connectivity index (χ4n) is 3.15. The number of hydrogen-bond acceptors (Lipinski definition) is 4. The zero-order chi connectivity index (χ0) is 14.5. The summed E-state index contributed by atoms with van der Waals surface area (Å²) in [5.74, 6) is 1.99. The largest absolute Gasteiger partial charge is 0.334 e. The van der Waals surface area contributed by atoms with Gasteiger partial charge in [0.25, 0.3) is 5.89 Å². The van der Waals surface area contributed by atoms with Crippen LogP contribution in [0.2, 0.25) is 0 Å². The Bertz CT molecular complexity index is 571. The highest BCUT2D eigenvalue weighted by atomic mass is 16.5. The lowest BCUT2D eigenvalue weighted by Gasteiger charge is -2.07. The van der Waals surface area contributed by atoms with E-state index in [9.17, 15) is 0 Å². The second kappa shape index (κ2) is 6.85. The van der Waals surface area contributed by atoms with E-state index in [2.05, 4.69) is 16.2 Å². The molecule has 1 saturated carbocycles. The zero-order valence-corrected chi connectivity index (χ0v) is 12.4. The van der Waals surface area contributed by atoms with Crippen LogP contribution in [0.15, 0.2) is 28.8 Å². The highest BCUT2D eigenvalue weighted by molar-refractivity contribution is 5.58. The lowest BCUT2D eigenvalue weighted by molar-refractivity contribution is 0.409. The van der Waals surface area contributed by atoms with Gasteiger partial charge in [-0.05, 0) is 37.4 Å². The molecule has 1 aromatic carbocycles. The molecular formula is C17H23N3O. The fraction of sp³-hybridized carbons (Fsp3) is 0.529. The molecule has 1 aliphatic carbocycles. The lowest BCUT2D eigenvalue weighted by Crippen LogP contribution is -2.04. The molecule has 21 heavy (non-hydrogen) atoms. The summed E-state index contributed by atoms with van der Waals surface area (Å²) < 4.78 is 5.53. The van der Waals surface area contributed by atoms with Gasteiger partial charge in [0, 0.05) is 11.5 Å². The molecule has 2 N–H and O–H groups in total. The molecule has 1 aliphatic rings. The number of nitrogens with two attached hydrogens (primary N) is 1. The summed E-state index contributed by atoms with van der Waals surface area (Å²) in [6.07, 6.45) is 8.42. The van der Waals surface area contributed by atoms with E-state index in [4.69, 9.17) is 10.3 Å². The van der Waals surface area contributed by atoms with Gasteiger partial charge in [-0.3, -0.25) is 0 Å². The maximum atomic E-state index is 5.68. The van der Waals surface area contributed by atoms with Crippen LogP contribution in [0.1, 0.15) is 55.8 Å². The van der Waals surface area contributed by atoms with Crippen molar-refractivity contribution in [2.75, 3.05) is 6.54 Å². The highest BCUT2D eigenvalue weighted by Gasteiger charge is 2.21. The number of benzene rings is 1. The van der Waals surface area contributed by atoms with Crippen LogP contribution in [0.25, 0.3) is 11.5 Å². The molecule has 1 fully saturated rings. The molecule has 0 bridgehead atoms. The Labute approximate surface area is 125 Å². The standard InChI is InChI=1S/C17H23N3O/c18-12-11-13-7-5-6-10-15(13)17-19-16(20-21-17)14-8-3-1-2-4-9-14/h5-7,10,14H,1-4,8-9,11-12,18H2. The van der Waals surface area contributed by atoms with Gasteiger partial charge in [0.2, 0.25) is 0 Å². The Morgan fingerprint density at radius 3 is 2.62 bits per heavy atom. The van der Waals surface area contributed by atoms with Gasteiger partial charge < -0.3 is 10.3 Å². The molecule has 4 heteroatoms. The van der Waals surface area contributed by atoms with Gasteiger partial charge in [-0.2, -0.15) is 4.98 Å². The van der Waals surface area contributed by atoms with E-state index >= 15 is 0 Å². The molecule has 3 rings (SSSR count). The second-order valence-electron chi connectivity index (χ2n) is 5.84. The van der Waals surface area contributed by atoms with Gasteiger partial charge in [0.15, 0.2) is 5.82 Å². The first-order chi connectivity index (χ1) is 10.4. The quantitative estimate of drug-likeness (QED) is 0.870. The minimum atomic E-state index is 0.465. The summed E-state index contributed by atoms with van der Waals surface area (Å²) in [5.41, 5.74) is 7.88. The maximum Gasteiger partial charge on any atom is 0.258 e. The normalized spacial score (nSPS) is 16.8. The Morgan fingerprint density at radius 1 is 1.10 bits per heavy atom. The molecule has 1 aromatic heterocycles.